The number of nitrogens with one attached hydrogen (secondary N) is 1. The van der Waals surface area contributed by atoms with Gasteiger partial charge in [0, 0.05) is 30.1 Å². The van der Waals surface area contributed by atoms with E-state index in [2.05, 4.69) is 15.5 Å². The molecule has 5 rings (SSSR count). The van der Waals surface area contributed by atoms with Crippen LogP contribution in [0.15, 0.2) is 41.6 Å². The Morgan fingerprint density at radius 3 is 2.88 bits per heavy atom. The minimum Gasteiger partial charge on any atom is -0.494 e. The highest BCUT2D eigenvalue weighted by molar-refractivity contribution is 7.99. The lowest BCUT2D eigenvalue weighted by Crippen LogP contribution is -2.25. The smallest absolute Gasteiger partial charge is 0.230 e. The molecule has 1 unspecified atom stereocenters. The van der Waals surface area contributed by atoms with Crippen LogP contribution in [-0.4, -0.2) is 39.1 Å². The third-order valence-electron chi connectivity index (χ3n) is 5.88. The number of hydrogen-bond donors (Lipinski definition) is 1. The van der Waals surface area contributed by atoms with Gasteiger partial charge in [-0.2, -0.15) is 0 Å². The first-order valence-corrected chi connectivity index (χ1v) is 12.6. The van der Waals surface area contributed by atoms with E-state index in [0.29, 0.717) is 29.7 Å². The average Bonchev–Trinajstić information content (AvgIpc) is 3.47. The number of halogens is 1. The first kappa shape index (κ1) is 22.7. The third kappa shape index (κ3) is 4.75. The lowest BCUT2D eigenvalue weighted by atomic mass is 10.1. The van der Waals surface area contributed by atoms with E-state index in [4.69, 9.17) is 9.47 Å². The molecular formula is C25H27FN4O3S. The quantitative estimate of drug-likeness (QED) is 0.451. The molecule has 0 bridgehead atoms. The van der Waals surface area contributed by atoms with Crippen molar-refractivity contribution < 1.29 is 18.7 Å². The molecule has 0 radical (unpaired) electrons. The van der Waals surface area contributed by atoms with Gasteiger partial charge in [0.05, 0.1) is 17.9 Å². The minimum atomic E-state index is -0.330. The molecule has 1 fully saturated rings. The highest BCUT2D eigenvalue weighted by Crippen LogP contribution is 2.41. The second-order valence-corrected chi connectivity index (χ2v) is 9.53. The zero-order valence-electron chi connectivity index (χ0n) is 19.2. The maximum atomic E-state index is 14.3. The molecule has 1 N–H and O–H groups in total. The SMILES string of the molecule is CCOc1cc2c(cc1CNC(=O)CSc1nnc(-c3ccccc3F)n1C1CC1)OC(C)C2. The van der Waals surface area contributed by atoms with Crippen LogP contribution in [0, 0.1) is 5.82 Å². The number of nitrogens with zero attached hydrogens (tertiary/aromatic N) is 3. The van der Waals surface area contributed by atoms with E-state index in [1.165, 1.54) is 17.8 Å². The van der Waals surface area contributed by atoms with E-state index in [0.717, 1.165) is 41.9 Å². The molecule has 2 aliphatic rings. The van der Waals surface area contributed by atoms with E-state index in [1.54, 1.807) is 18.2 Å². The Balaban J connectivity index is 1.25. The average molecular weight is 483 g/mol. The van der Waals surface area contributed by atoms with Gasteiger partial charge < -0.3 is 14.8 Å². The number of hydrogen-bond acceptors (Lipinski definition) is 6. The molecule has 1 aromatic heterocycles. The summed E-state index contributed by atoms with van der Waals surface area (Å²) in [6.45, 7) is 4.87. The fraction of sp³-hybridized carbons (Fsp3) is 0.400. The summed E-state index contributed by atoms with van der Waals surface area (Å²) >= 11 is 1.31. The van der Waals surface area contributed by atoms with Crippen LogP contribution < -0.4 is 14.8 Å². The van der Waals surface area contributed by atoms with Gasteiger partial charge in [0.1, 0.15) is 23.4 Å². The number of aromatic nitrogens is 3. The van der Waals surface area contributed by atoms with E-state index < -0.39 is 0 Å². The zero-order chi connectivity index (χ0) is 23.7. The Labute approximate surface area is 202 Å². The standard InChI is InChI=1S/C25H27FN4O3S/c1-3-32-21-11-16-10-15(2)33-22(16)12-17(21)13-27-23(31)14-34-25-29-28-24(30(25)18-8-9-18)19-6-4-5-7-20(19)26/h4-7,11-12,15,18H,3,8-10,13-14H2,1-2H3,(H,27,31). The fourth-order valence-corrected chi connectivity index (χ4v) is 4.98. The summed E-state index contributed by atoms with van der Waals surface area (Å²) in [6, 6.07) is 10.8. The van der Waals surface area contributed by atoms with Gasteiger partial charge in [-0.25, -0.2) is 4.39 Å². The summed E-state index contributed by atoms with van der Waals surface area (Å²) < 4.78 is 28.0. The van der Waals surface area contributed by atoms with Crippen molar-refractivity contribution in [2.75, 3.05) is 12.4 Å². The van der Waals surface area contributed by atoms with Crippen LogP contribution in [-0.2, 0) is 17.8 Å². The van der Waals surface area contributed by atoms with Gasteiger partial charge in [-0.15, -0.1) is 10.2 Å². The van der Waals surface area contributed by atoms with Gasteiger partial charge in [-0.1, -0.05) is 23.9 Å². The molecule has 1 atom stereocenters. The molecule has 7 nitrogen and oxygen atoms in total. The van der Waals surface area contributed by atoms with Crippen LogP contribution >= 0.6 is 11.8 Å². The third-order valence-corrected chi connectivity index (χ3v) is 6.82. The number of thioether (sulfide) groups is 1. The molecule has 34 heavy (non-hydrogen) atoms. The molecule has 3 aromatic rings. The molecule has 1 aliphatic heterocycles. The van der Waals surface area contributed by atoms with E-state index in [9.17, 15) is 9.18 Å². The van der Waals surface area contributed by atoms with Crippen molar-refractivity contribution in [1.82, 2.24) is 20.1 Å². The number of rotatable bonds is 9. The molecule has 178 valence electrons. The summed E-state index contributed by atoms with van der Waals surface area (Å²) in [5.74, 6) is 1.87. The number of carbonyl (C=O) groups excluding carboxylic acids is 1. The van der Waals surface area contributed by atoms with Crippen molar-refractivity contribution in [2.45, 2.75) is 57.0 Å². The molecule has 0 saturated heterocycles. The molecule has 9 heteroatoms. The molecule has 2 aromatic carbocycles. The number of benzene rings is 2. The zero-order valence-corrected chi connectivity index (χ0v) is 20.0. The fourth-order valence-electron chi connectivity index (χ4n) is 4.15. The molecule has 2 heterocycles. The number of amides is 1. The predicted octanol–water partition coefficient (Wildman–Crippen LogP) is 4.55. The molecule has 0 spiro atoms. The van der Waals surface area contributed by atoms with Crippen molar-refractivity contribution >= 4 is 17.7 Å². The normalized spacial score (nSPS) is 16.7. The minimum absolute atomic E-state index is 0.125. The van der Waals surface area contributed by atoms with Crippen LogP contribution in [0.5, 0.6) is 11.5 Å². The maximum Gasteiger partial charge on any atom is 0.230 e. The summed E-state index contributed by atoms with van der Waals surface area (Å²) in [6.07, 6.45) is 3.00. The second-order valence-electron chi connectivity index (χ2n) is 8.59. The highest BCUT2D eigenvalue weighted by atomic mass is 32.2. The Kier molecular flexibility index (Phi) is 6.45. The largest absolute Gasteiger partial charge is 0.494 e. The van der Waals surface area contributed by atoms with Gasteiger partial charge >= 0.3 is 0 Å². The van der Waals surface area contributed by atoms with Crippen LogP contribution in [0.2, 0.25) is 0 Å². The second kappa shape index (κ2) is 9.66. The Morgan fingerprint density at radius 1 is 1.29 bits per heavy atom. The van der Waals surface area contributed by atoms with Gasteiger partial charge in [0.15, 0.2) is 11.0 Å². The first-order valence-electron chi connectivity index (χ1n) is 11.6. The summed E-state index contributed by atoms with van der Waals surface area (Å²) in [5.41, 5.74) is 2.44. The highest BCUT2D eigenvalue weighted by Gasteiger charge is 2.31. The predicted molar refractivity (Wildman–Crippen MR) is 128 cm³/mol. The van der Waals surface area contributed by atoms with Crippen LogP contribution in [0.4, 0.5) is 4.39 Å². The van der Waals surface area contributed by atoms with Gasteiger partial charge in [0.25, 0.3) is 0 Å². The van der Waals surface area contributed by atoms with Crippen molar-refractivity contribution in [3.63, 3.8) is 0 Å². The van der Waals surface area contributed by atoms with Crippen LogP contribution in [0.1, 0.15) is 43.9 Å². The summed E-state index contributed by atoms with van der Waals surface area (Å²) in [7, 11) is 0. The van der Waals surface area contributed by atoms with Gasteiger partial charge in [0.2, 0.25) is 5.91 Å². The number of carbonyl (C=O) groups is 1. The Morgan fingerprint density at radius 2 is 2.12 bits per heavy atom. The van der Waals surface area contributed by atoms with Crippen molar-refractivity contribution in [3.05, 3.63) is 53.3 Å². The first-order chi connectivity index (χ1) is 16.5. The lowest BCUT2D eigenvalue weighted by molar-refractivity contribution is -0.118. The van der Waals surface area contributed by atoms with Crippen molar-refractivity contribution in [1.29, 1.82) is 0 Å². The lowest BCUT2D eigenvalue weighted by Gasteiger charge is -2.13. The topological polar surface area (TPSA) is 78.3 Å². The van der Waals surface area contributed by atoms with Crippen molar-refractivity contribution in [2.24, 2.45) is 0 Å². The monoisotopic (exact) mass is 482 g/mol. The molecule has 1 amide bonds. The Bertz CT molecular complexity index is 1210. The summed E-state index contributed by atoms with van der Waals surface area (Å²) in [5, 5.41) is 12.1. The van der Waals surface area contributed by atoms with E-state index in [-0.39, 0.29) is 29.6 Å². The number of fused-ring (bicyclic) bond motifs is 1. The van der Waals surface area contributed by atoms with E-state index >= 15 is 0 Å². The van der Waals surface area contributed by atoms with Crippen LogP contribution in [0.3, 0.4) is 0 Å². The maximum absolute atomic E-state index is 14.3. The van der Waals surface area contributed by atoms with E-state index in [1.807, 2.05) is 30.5 Å². The number of ether oxygens (including phenoxy) is 2. The van der Waals surface area contributed by atoms with Crippen LogP contribution in [0.25, 0.3) is 11.4 Å². The summed E-state index contributed by atoms with van der Waals surface area (Å²) in [4.78, 5) is 12.7. The van der Waals surface area contributed by atoms with Gasteiger partial charge in [-0.3, -0.25) is 9.36 Å². The molecule has 1 saturated carbocycles. The van der Waals surface area contributed by atoms with Gasteiger partial charge in [-0.05, 0) is 51.0 Å². The Hall–Kier alpha value is -3.07. The van der Waals surface area contributed by atoms with Crippen molar-refractivity contribution in [3.8, 4) is 22.9 Å². The molecule has 1 aliphatic carbocycles. The molecular weight excluding hydrogens is 455 g/mol.